The minimum absolute atomic E-state index is 0.0527. The number of aromatic nitrogens is 2. The summed E-state index contributed by atoms with van der Waals surface area (Å²) in [5.74, 6) is 1.00. The van der Waals surface area contributed by atoms with Gasteiger partial charge in [-0.3, -0.25) is 9.56 Å². The van der Waals surface area contributed by atoms with Gasteiger partial charge in [0.05, 0.1) is 16.7 Å². The van der Waals surface area contributed by atoms with Crippen LogP contribution in [0.15, 0.2) is 145 Å². The first-order valence-corrected chi connectivity index (χ1v) is 17.2. The van der Waals surface area contributed by atoms with E-state index in [4.69, 9.17) is 9.98 Å². The van der Waals surface area contributed by atoms with E-state index in [0.717, 1.165) is 50.5 Å². The predicted molar refractivity (Wildman–Crippen MR) is 210 cm³/mol. The maximum Gasteiger partial charge on any atom is 0.147 e. The Hall–Kier alpha value is -5.74. The molecule has 7 aromatic rings. The van der Waals surface area contributed by atoms with Gasteiger partial charge in [0.1, 0.15) is 11.6 Å². The van der Waals surface area contributed by atoms with Crippen molar-refractivity contribution in [2.45, 2.75) is 52.4 Å². The van der Waals surface area contributed by atoms with E-state index in [2.05, 4.69) is 143 Å². The maximum atomic E-state index is 10.7. The average molecular weight is 654 g/mol. The average Bonchev–Trinajstić information content (AvgIpc) is 3.51. The molecule has 4 nitrogen and oxygen atoms in total. The summed E-state index contributed by atoms with van der Waals surface area (Å²) in [4.78, 5) is 10.3. The van der Waals surface area contributed by atoms with Gasteiger partial charge in [0.2, 0.25) is 0 Å². The summed E-state index contributed by atoms with van der Waals surface area (Å²) in [7, 11) is 0. The second-order valence-corrected chi connectivity index (χ2v) is 15.0. The maximum absolute atomic E-state index is 10.7. The lowest BCUT2D eigenvalue weighted by Gasteiger charge is -2.19. The van der Waals surface area contributed by atoms with Crippen molar-refractivity contribution in [3.8, 4) is 45.1 Å². The van der Waals surface area contributed by atoms with Crippen molar-refractivity contribution in [3.63, 3.8) is 0 Å². The van der Waals surface area contributed by atoms with E-state index < -0.39 is 0 Å². The summed E-state index contributed by atoms with van der Waals surface area (Å²) in [6.45, 7) is 13.2. The molecule has 0 atom stereocenters. The van der Waals surface area contributed by atoms with E-state index in [1.165, 1.54) is 16.7 Å². The molecular weight excluding hydrogens is 611 g/mol. The smallest absolute Gasteiger partial charge is 0.147 e. The normalized spacial score (nSPS) is 12.2. The fourth-order valence-corrected chi connectivity index (χ4v) is 6.42. The van der Waals surface area contributed by atoms with Crippen LogP contribution in [0.3, 0.4) is 0 Å². The summed E-state index contributed by atoms with van der Waals surface area (Å²) >= 11 is 0. The van der Waals surface area contributed by atoms with Crippen molar-refractivity contribution in [1.82, 2.24) is 9.55 Å². The topological polar surface area (TPSA) is 50.4 Å². The third kappa shape index (κ3) is 6.49. The summed E-state index contributed by atoms with van der Waals surface area (Å²) in [5.41, 5.74) is 12.3. The van der Waals surface area contributed by atoms with Crippen molar-refractivity contribution in [3.05, 3.63) is 156 Å². The van der Waals surface area contributed by atoms with Crippen LogP contribution in [0.2, 0.25) is 0 Å². The molecule has 0 fully saturated rings. The number of fused-ring (bicyclic) bond motifs is 1. The van der Waals surface area contributed by atoms with E-state index in [9.17, 15) is 5.11 Å². The van der Waals surface area contributed by atoms with E-state index in [0.29, 0.717) is 5.56 Å². The van der Waals surface area contributed by atoms with E-state index in [-0.39, 0.29) is 16.6 Å². The van der Waals surface area contributed by atoms with E-state index in [1.807, 2.05) is 36.4 Å². The predicted octanol–water partition coefficient (Wildman–Crippen LogP) is 12.1. The Bertz CT molecular complexity index is 2330. The molecule has 50 heavy (non-hydrogen) atoms. The third-order valence-electron chi connectivity index (χ3n) is 9.34. The van der Waals surface area contributed by atoms with Gasteiger partial charge in [0.25, 0.3) is 0 Å². The molecule has 0 bridgehead atoms. The summed E-state index contributed by atoms with van der Waals surface area (Å²) in [6.07, 6.45) is 1.75. The first kappa shape index (κ1) is 32.8. The lowest BCUT2D eigenvalue weighted by molar-refractivity contribution is 0.473. The van der Waals surface area contributed by atoms with Gasteiger partial charge < -0.3 is 5.11 Å². The molecule has 0 spiro atoms. The van der Waals surface area contributed by atoms with Gasteiger partial charge in [0, 0.05) is 28.6 Å². The van der Waals surface area contributed by atoms with Crippen molar-refractivity contribution in [2.24, 2.45) is 4.99 Å². The largest absolute Gasteiger partial charge is 0.507 e. The molecule has 0 unspecified atom stereocenters. The first-order chi connectivity index (χ1) is 24.0. The fourth-order valence-electron chi connectivity index (χ4n) is 6.42. The van der Waals surface area contributed by atoms with Crippen LogP contribution in [0.5, 0.6) is 5.75 Å². The molecule has 6 aromatic carbocycles. The van der Waals surface area contributed by atoms with Crippen molar-refractivity contribution >= 4 is 22.9 Å². The molecule has 0 aliphatic rings. The van der Waals surface area contributed by atoms with Crippen LogP contribution in [-0.2, 0) is 10.8 Å². The zero-order valence-corrected chi connectivity index (χ0v) is 29.6. The number of phenols is 1. The Morgan fingerprint density at radius 1 is 0.580 bits per heavy atom. The van der Waals surface area contributed by atoms with Gasteiger partial charge in [-0.25, -0.2) is 4.98 Å². The molecule has 0 aliphatic heterocycles. The Balaban J connectivity index is 1.37. The zero-order valence-electron chi connectivity index (χ0n) is 29.6. The number of aromatic hydroxyl groups is 1. The number of nitrogens with zero attached hydrogens (tertiary/aromatic N) is 3. The van der Waals surface area contributed by atoms with E-state index in [1.54, 1.807) is 12.3 Å². The highest BCUT2D eigenvalue weighted by atomic mass is 16.3. The second kappa shape index (κ2) is 12.9. The van der Waals surface area contributed by atoms with Gasteiger partial charge in [0.15, 0.2) is 0 Å². The third-order valence-corrected chi connectivity index (χ3v) is 9.34. The van der Waals surface area contributed by atoms with Crippen molar-refractivity contribution in [1.29, 1.82) is 0 Å². The standard InChI is InChI=1S/C46H43N3O/c1-45(2,3)35-24-22-31(23-25-35)32-14-12-15-33(28-32)38-19-13-21-41-43(38)48-44(49(41)37-16-8-7-9-17-37)39-18-10-11-20-40(39)47-30-34-29-36(46(4,5)6)26-27-42(34)50/h7-30,50H,1-6H3. The number of para-hydroxylation sites is 3. The van der Waals surface area contributed by atoms with Crippen LogP contribution >= 0.6 is 0 Å². The minimum atomic E-state index is -0.0527. The van der Waals surface area contributed by atoms with Crippen LogP contribution in [0.4, 0.5) is 5.69 Å². The Morgan fingerprint density at radius 2 is 1.22 bits per heavy atom. The highest BCUT2D eigenvalue weighted by Gasteiger charge is 2.20. The molecule has 0 radical (unpaired) electrons. The molecule has 0 saturated heterocycles. The molecule has 0 aliphatic carbocycles. The molecule has 0 amide bonds. The number of rotatable bonds is 6. The van der Waals surface area contributed by atoms with Gasteiger partial charge in [-0.05, 0) is 87.2 Å². The molecule has 7 rings (SSSR count). The Morgan fingerprint density at radius 3 is 1.96 bits per heavy atom. The number of hydrogen-bond donors (Lipinski definition) is 1. The highest BCUT2D eigenvalue weighted by Crippen LogP contribution is 2.39. The molecule has 1 heterocycles. The SMILES string of the molecule is CC(C)(C)c1ccc(-c2cccc(-c3cccc4c3nc(-c3ccccc3N=Cc3cc(C(C)(C)C)ccc3O)n4-c3ccccc3)c2)cc1. The van der Waals surface area contributed by atoms with Gasteiger partial charge in [-0.15, -0.1) is 0 Å². The number of benzene rings is 6. The first-order valence-electron chi connectivity index (χ1n) is 17.2. The quantitative estimate of drug-likeness (QED) is 0.182. The van der Waals surface area contributed by atoms with Crippen molar-refractivity contribution < 1.29 is 5.11 Å². The number of imidazole rings is 1. The van der Waals surface area contributed by atoms with Gasteiger partial charge in [-0.2, -0.15) is 0 Å². The Labute approximate surface area is 295 Å². The number of phenolic OH excluding ortho intramolecular Hbond substituents is 1. The van der Waals surface area contributed by atoms with Crippen LogP contribution in [0.25, 0.3) is 50.4 Å². The minimum Gasteiger partial charge on any atom is -0.507 e. The second-order valence-electron chi connectivity index (χ2n) is 15.0. The van der Waals surface area contributed by atoms with E-state index >= 15 is 0 Å². The molecule has 1 N–H and O–H groups in total. The fraction of sp³-hybridized carbons (Fsp3) is 0.174. The lowest BCUT2D eigenvalue weighted by atomic mass is 9.86. The monoisotopic (exact) mass is 653 g/mol. The lowest BCUT2D eigenvalue weighted by Crippen LogP contribution is -2.11. The summed E-state index contributed by atoms with van der Waals surface area (Å²) in [6, 6.07) is 48.2. The zero-order chi connectivity index (χ0) is 35.0. The molecule has 1 aromatic heterocycles. The van der Waals surface area contributed by atoms with Gasteiger partial charge in [-0.1, -0.05) is 133 Å². The van der Waals surface area contributed by atoms with Gasteiger partial charge >= 0.3 is 0 Å². The number of aliphatic imine (C=N–C) groups is 1. The molecule has 248 valence electrons. The van der Waals surface area contributed by atoms with Crippen LogP contribution in [0.1, 0.15) is 58.2 Å². The summed E-state index contributed by atoms with van der Waals surface area (Å²) < 4.78 is 2.22. The van der Waals surface area contributed by atoms with Crippen molar-refractivity contribution in [2.75, 3.05) is 0 Å². The molecule has 0 saturated carbocycles. The number of hydrogen-bond acceptors (Lipinski definition) is 3. The highest BCUT2D eigenvalue weighted by molar-refractivity contribution is 5.97. The van der Waals surface area contributed by atoms with Crippen LogP contribution in [0, 0.1) is 0 Å². The molecular formula is C46H43N3O. The summed E-state index contributed by atoms with van der Waals surface area (Å²) in [5, 5.41) is 10.7. The molecule has 4 heteroatoms. The Kier molecular flexibility index (Phi) is 8.49. The van der Waals surface area contributed by atoms with Crippen LogP contribution < -0.4 is 0 Å². The van der Waals surface area contributed by atoms with Crippen LogP contribution in [-0.4, -0.2) is 20.9 Å².